The van der Waals surface area contributed by atoms with E-state index in [0.717, 1.165) is 39.0 Å². The van der Waals surface area contributed by atoms with Crippen LogP contribution < -0.4 is 9.47 Å². The first-order chi connectivity index (χ1) is 22.7. The molecule has 1 aliphatic heterocycles. The minimum atomic E-state index is -0.736. The Morgan fingerprint density at radius 1 is 0.936 bits per heavy atom. The first kappa shape index (κ1) is 33.7. The quantitative estimate of drug-likeness (QED) is 0.115. The van der Waals surface area contributed by atoms with Crippen molar-refractivity contribution in [3.63, 3.8) is 0 Å². The predicted octanol–water partition coefficient (Wildman–Crippen LogP) is 7.56. The summed E-state index contributed by atoms with van der Waals surface area (Å²) in [6.07, 6.45) is -0.339. The minimum Gasteiger partial charge on any atom is -0.490 e. The van der Waals surface area contributed by atoms with E-state index in [-0.39, 0.29) is 12.0 Å². The molecule has 5 rings (SSSR count). The van der Waals surface area contributed by atoms with Crippen LogP contribution in [0.4, 0.5) is 4.79 Å². The van der Waals surface area contributed by atoms with Crippen LogP contribution in [0.25, 0.3) is 10.8 Å². The number of nitriles is 1. The summed E-state index contributed by atoms with van der Waals surface area (Å²) in [6.45, 7) is 7.86. The van der Waals surface area contributed by atoms with Crippen molar-refractivity contribution in [1.82, 2.24) is 5.06 Å². The third kappa shape index (κ3) is 9.46. The van der Waals surface area contributed by atoms with Crippen molar-refractivity contribution in [2.75, 3.05) is 33.4 Å². The summed E-state index contributed by atoms with van der Waals surface area (Å²) in [5.41, 5.74) is 2.89. The molecule has 2 atom stereocenters. The average molecular weight is 639 g/mol. The van der Waals surface area contributed by atoms with E-state index >= 15 is 0 Å². The van der Waals surface area contributed by atoms with Gasteiger partial charge in [0.25, 0.3) is 0 Å². The molecule has 0 N–H and O–H groups in total. The smallest absolute Gasteiger partial charge is 0.490 e. The largest absolute Gasteiger partial charge is 0.528 e. The summed E-state index contributed by atoms with van der Waals surface area (Å²) in [6, 6.07) is 29.8. The lowest BCUT2D eigenvalue weighted by Crippen LogP contribution is -2.45. The Kier molecular flexibility index (Phi) is 11.3. The third-order valence-corrected chi connectivity index (χ3v) is 7.83. The number of nitrogens with zero attached hydrogens (tertiary/aromatic N) is 2. The van der Waals surface area contributed by atoms with Gasteiger partial charge in [-0.3, -0.25) is 0 Å². The number of piperidine rings is 1. The number of carbonyl (C=O) groups is 1. The lowest BCUT2D eigenvalue weighted by atomic mass is 9.87. The topological polar surface area (TPSA) is 99.5 Å². The Morgan fingerprint density at radius 3 is 2.51 bits per heavy atom. The van der Waals surface area contributed by atoms with Crippen molar-refractivity contribution in [3.05, 3.63) is 107 Å². The molecular formula is C38H42N2O7. The number of fused-ring (bicyclic) bond motifs is 1. The zero-order valence-corrected chi connectivity index (χ0v) is 27.4. The van der Waals surface area contributed by atoms with Gasteiger partial charge in [-0.15, -0.1) is 5.06 Å². The second-order valence-corrected chi connectivity index (χ2v) is 12.5. The van der Waals surface area contributed by atoms with Crippen LogP contribution in [0.5, 0.6) is 11.5 Å². The molecule has 4 aromatic rings. The van der Waals surface area contributed by atoms with Gasteiger partial charge in [0.15, 0.2) is 0 Å². The number of ether oxygens (including phenoxy) is 5. The number of methoxy groups -OCH3 is 1. The van der Waals surface area contributed by atoms with E-state index in [1.54, 1.807) is 39.0 Å². The van der Waals surface area contributed by atoms with Gasteiger partial charge >= 0.3 is 6.16 Å². The molecule has 9 heteroatoms. The fourth-order valence-electron chi connectivity index (χ4n) is 5.60. The molecule has 1 aliphatic rings. The summed E-state index contributed by atoms with van der Waals surface area (Å²) in [7, 11) is 1.65. The summed E-state index contributed by atoms with van der Waals surface area (Å²) in [5, 5.41) is 12.9. The van der Waals surface area contributed by atoms with Crippen molar-refractivity contribution in [2.24, 2.45) is 0 Å². The van der Waals surface area contributed by atoms with E-state index in [2.05, 4.69) is 30.3 Å². The summed E-state index contributed by atoms with van der Waals surface area (Å²) >= 11 is 0. The Labute approximate surface area is 276 Å². The number of benzene rings is 4. The first-order valence-electron chi connectivity index (χ1n) is 15.8. The number of hydroxylamine groups is 2. The van der Waals surface area contributed by atoms with Crippen molar-refractivity contribution in [3.8, 4) is 17.6 Å². The van der Waals surface area contributed by atoms with Crippen LogP contribution >= 0.6 is 0 Å². The second-order valence-electron chi connectivity index (χ2n) is 12.5. The fourth-order valence-corrected chi connectivity index (χ4v) is 5.60. The molecule has 9 nitrogen and oxygen atoms in total. The third-order valence-electron chi connectivity index (χ3n) is 7.83. The van der Waals surface area contributed by atoms with Gasteiger partial charge in [0.1, 0.15) is 30.3 Å². The van der Waals surface area contributed by atoms with Gasteiger partial charge in [0, 0.05) is 30.5 Å². The van der Waals surface area contributed by atoms with E-state index in [1.807, 2.05) is 54.6 Å². The molecule has 0 spiro atoms. The van der Waals surface area contributed by atoms with E-state index in [0.29, 0.717) is 51.5 Å². The number of carbonyl (C=O) groups excluding carboxylic acids is 1. The van der Waals surface area contributed by atoms with Crippen molar-refractivity contribution < 1.29 is 33.3 Å². The standard InChI is InChI=1S/C38H42N2O7/c1-38(2,3)46-37(41)47-40-19-18-33(30-14-16-32(17-15-30)44-25-28-9-7-8-27(22-28)23-39)35(24-40)45-26-31-13-12-29-10-5-6-11-34(29)36(31)43-21-20-42-4/h5-17,22,33,35H,18-21,24-26H2,1-4H3. The summed E-state index contributed by atoms with van der Waals surface area (Å²) in [5.74, 6) is 1.54. The summed E-state index contributed by atoms with van der Waals surface area (Å²) in [4.78, 5) is 18.1. The predicted molar refractivity (Wildman–Crippen MR) is 178 cm³/mol. The SMILES string of the molecule is COCCOc1c(COC2CN(OC(=O)OC(C)(C)C)CCC2c2ccc(OCc3cccc(C#N)c3)cc2)ccc2ccccc12. The van der Waals surface area contributed by atoms with E-state index in [4.69, 9.17) is 28.5 Å². The van der Waals surface area contributed by atoms with Crippen LogP contribution in [0.2, 0.25) is 0 Å². The summed E-state index contributed by atoms with van der Waals surface area (Å²) < 4.78 is 29.5. The first-order valence-corrected chi connectivity index (χ1v) is 15.8. The average Bonchev–Trinajstić information content (AvgIpc) is 3.06. The minimum absolute atomic E-state index is 0.0353. The lowest BCUT2D eigenvalue weighted by Gasteiger charge is -2.37. The van der Waals surface area contributed by atoms with Gasteiger partial charge in [-0.25, -0.2) is 4.79 Å². The van der Waals surface area contributed by atoms with E-state index in [1.165, 1.54) is 0 Å². The van der Waals surface area contributed by atoms with Crippen LogP contribution in [0.3, 0.4) is 0 Å². The highest BCUT2D eigenvalue weighted by atomic mass is 16.8. The molecular weight excluding hydrogens is 596 g/mol. The molecule has 1 fully saturated rings. The monoisotopic (exact) mass is 638 g/mol. The van der Waals surface area contributed by atoms with Crippen molar-refractivity contribution in [1.29, 1.82) is 5.26 Å². The Balaban J connectivity index is 1.33. The molecule has 0 aliphatic carbocycles. The highest BCUT2D eigenvalue weighted by molar-refractivity contribution is 5.89. The van der Waals surface area contributed by atoms with Crippen LogP contribution in [0.1, 0.15) is 55.4 Å². The number of hydrogen-bond acceptors (Lipinski definition) is 9. The molecule has 246 valence electrons. The van der Waals surface area contributed by atoms with Gasteiger partial charge in [-0.2, -0.15) is 5.26 Å². The molecule has 47 heavy (non-hydrogen) atoms. The lowest BCUT2D eigenvalue weighted by molar-refractivity contribution is -0.179. The van der Waals surface area contributed by atoms with Gasteiger partial charge in [-0.1, -0.05) is 60.7 Å². The molecule has 0 amide bonds. The molecule has 1 saturated heterocycles. The Hall–Kier alpha value is -4.62. The van der Waals surface area contributed by atoms with Crippen molar-refractivity contribution in [2.45, 2.75) is 58.0 Å². The fraction of sp³-hybridized carbons (Fsp3) is 0.368. The highest BCUT2D eigenvalue weighted by Gasteiger charge is 2.34. The number of rotatable bonds is 12. The molecule has 2 unspecified atom stereocenters. The molecule has 0 saturated carbocycles. The molecule has 4 aromatic carbocycles. The van der Waals surface area contributed by atoms with Gasteiger partial charge in [-0.05, 0) is 68.0 Å². The van der Waals surface area contributed by atoms with Gasteiger partial charge < -0.3 is 28.5 Å². The van der Waals surface area contributed by atoms with Gasteiger partial charge in [0.05, 0.1) is 37.5 Å². The van der Waals surface area contributed by atoms with Crippen LogP contribution in [0.15, 0.2) is 84.9 Å². The van der Waals surface area contributed by atoms with E-state index in [9.17, 15) is 10.1 Å². The zero-order chi connectivity index (χ0) is 33.2. The maximum Gasteiger partial charge on any atom is 0.528 e. The van der Waals surface area contributed by atoms with Crippen LogP contribution in [0, 0.1) is 11.3 Å². The highest BCUT2D eigenvalue weighted by Crippen LogP contribution is 2.35. The molecule has 0 radical (unpaired) electrons. The molecule has 0 aromatic heterocycles. The second kappa shape index (κ2) is 15.8. The van der Waals surface area contributed by atoms with Crippen molar-refractivity contribution >= 4 is 16.9 Å². The molecule has 0 bridgehead atoms. The molecule has 1 heterocycles. The normalized spacial score (nSPS) is 16.7. The maximum atomic E-state index is 12.5. The zero-order valence-electron chi connectivity index (χ0n) is 27.4. The van der Waals surface area contributed by atoms with E-state index < -0.39 is 11.8 Å². The maximum absolute atomic E-state index is 12.5. The Morgan fingerprint density at radius 2 is 1.74 bits per heavy atom. The van der Waals surface area contributed by atoms with Gasteiger partial charge in [0.2, 0.25) is 0 Å². The van der Waals surface area contributed by atoms with Crippen LogP contribution in [-0.4, -0.2) is 56.3 Å². The Bertz CT molecular complexity index is 1680. The number of hydrogen-bond donors (Lipinski definition) is 0. The van der Waals surface area contributed by atoms with Crippen LogP contribution in [-0.2, 0) is 32.3 Å².